The fourth-order valence-corrected chi connectivity index (χ4v) is 2.84. The Morgan fingerprint density at radius 2 is 1.77 bits per heavy atom. The highest BCUT2D eigenvalue weighted by molar-refractivity contribution is 6.30. The number of hydrogen-bond acceptors (Lipinski definition) is 3. The van der Waals surface area contributed by atoms with Crippen LogP contribution in [-0.2, 0) is 13.2 Å². The van der Waals surface area contributed by atoms with Crippen molar-refractivity contribution in [2.45, 2.75) is 6.18 Å². The lowest BCUT2D eigenvalue weighted by molar-refractivity contribution is -0.137. The number of halogens is 4. The number of ether oxygens (including phenoxy) is 1. The van der Waals surface area contributed by atoms with Gasteiger partial charge in [0.2, 0.25) is 0 Å². The zero-order chi connectivity index (χ0) is 19.2. The minimum atomic E-state index is -4.62. The first-order valence-electron chi connectivity index (χ1n) is 7.32. The van der Waals surface area contributed by atoms with Crippen molar-refractivity contribution in [3.8, 4) is 11.4 Å². The van der Waals surface area contributed by atoms with Crippen LogP contribution in [0.15, 0.2) is 46.0 Å². The van der Waals surface area contributed by atoms with E-state index in [1.807, 2.05) is 0 Å². The second kappa shape index (κ2) is 6.21. The average molecular weight is 385 g/mol. The summed E-state index contributed by atoms with van der Waals surface area (Å²) in [5.74, 6) is 0.274. The van der Waals surface area contributed by atoms with E-state index in [1.165, 1.54) is 26.3 Å². The number of aromatic nitrogens is 2. The van der Waals surface area contributed by atoms with Crippen LogP contribution in [0.1, 0.15) is 5.56 Å². The number of fused-ring (bicyclic) bond motifs is 1. The van der Waals surface area contributed by atoms with E-state index in [1.54, 1.807) is 6.07 Å². The zero-order valence-electron chi connectivity index (χ0n) is 13.6. The van der Waals surface area contributed by atoms with E-state index in [0.29, 0.717) is 5.02 Å². The van der Waals surface area contributed by atoms with Crippen molar-refractivity contribution in [1.29, 1.82) is 0 Å². The molecule has 0 amide bonds. The zero-order valence-corrected chi connectivity index (χ0v) is 14.4. The lowest BCUT2D eigenvalue weighted by atomic mass is 10.1. The first kappa shape index (κ1) is 18.1. The largest absolute Gasteiger partial charge is 0.495 e. The van der Waals surface area contributed by atoms with Gasteiger partial charge in [0.25, 0.3) is 5.56 Å². The van der Waals surface area contributed by atoms with Crippen molar-refractivity contribution in [2.75, 3.05) is 7.11 Å². The van der Waals surface area contributed by atoms with E-state index in [0.717, 1.165) is 27.3 Å². The van der Waals surface area contributed by atoms with Crippen LogP contribution >= 0.6 is 11.6 Å². The summed E-state index contributed by atoms with van der Waals surface area (Å²) < 4.78 is 46.1. The molecule has 1 aromatic heterocycles. The molecule has 3 rings (SSSR count). The van der Waals surface area contributed by atoms with Crippen LogP contribution in [0.2, 0.25) is 5.02 Å². The van der Waals surface area contributed by atoms with E-state index >= 15 is 0 Å². The van der Waals surface area contributed by atoms with Gasteiger partial charge < -0.3 is 4.74 Å². The molecule has 26 heavy (non-hydrogen) atoms. The Hall–Kier alpha value is -2.74. The Balaban J connectivity index is 2.50. The molecule has 0 bridgehead atoms. The van der Waals surface area contributed by atoms with Gasteiger partial charge in [0, 0.05) is 12.1 Å². The average Bonchev–Trinajstić information content (AvgIpc) is 2.59. The van der Waals surface area contributed by atoms with Crippen LogP contribution < -0.4 is 16.0 Å². The quantitative estimate of drug-likeness (QED) is 0.680. The van der Waals surface area contributed by atoms with Crippen LogP contribution in [-0.4, -0.2) is 16.2 Å². The fraction of sp³-hybridized carbons (Fsp3) is 0.176. The third kappa shape index (κ3) is 2.86. The molecule has 0 saturated carbocycles. The Bertz CT molecular complexity index is 1130. The van der Waals surface area contributed by atoms with Gasteiger partial charge >= 0.3 is 11.9 Å². The standard InChI is InChI=1S/C17H12ClF3N2O3/c1-22-15(24)11-7-9(17(19,20)21)3-5-12(11)23(16(22)25)13-8-10(18)4-6-14(13)26-2/h3-8H,1-2H3. The number of alkyl halides is 3. The normalized spacial score (nSPS) is 11.8. The van der Waals surface area contributed by atoms with Crippen molar-refractivity contribution >= 4 is 22.5 Å². The first-order chi connectivity index (χ1) is 12.1. The maximum absolute atomic E-state index is 13.0. The number of nitrogens with zero attached hydrogens (tertiary/aromatic N) is 2. The lowest BCUT2D eigenvalue weighted by Crippen LogP contribution is -2.37. The van der Waals surface area contributed by atoms with Gasteiger partial charge in [-0.15, -0.1) is 0 Å². The number of rotatable bonds is 2. The molecule has 0 aliphatic carbocycles. The minimum absolute atomic E-state index is 0.0201. The van der Waals surface area contributed by atoms with Gasteiger partial charge in [0.15, 0.2) is 0 Å². The monoisotopic (exact) mass is 384 g/mol. The maximum atomic E-state index is 13.0. The van der Waals surface area contributed by atoms with E-state index in [2.05, 4.69) is 0 Å². The van der Waals surface area contributed by atoms with Crippen molar-refractivity contribution < 1.29 is 17.9 Å². The SMILES string of the molecule is COc1ccc(Cl)cc1-n1c(=O)n(C)c(=O)c2cc(C(F)(F)F)ccc21. The minimum Gasteiger partial charge on any atom is -0.495 e. The molecule has 1 heterocycles. The molecular formula is C17H12ClF3N2O3. The number of hydrogen-bond donors (Lipinski definition) is 0. The molecule has 0 N–H and O–H groups in total. The van der Waals surface area contributed by atoms with E-state index in [4.69, 9.17) is 16.3 Å². The molecule has 0 saturated heterocycles. The van der Waals surface area contributed by atoms with Crippen molar-refractivity contribution in [3.63, 3.8) is 0 Å². The lowest BCUT2D eigenvalue weighted by Gasteiger charge is -2.16. The topological polar surface area (TPSA) is 53.2 Å². The molecule has 2 aromatic carbocycles. The molecular weight excluding hydrogens is 373 g/mol. The molecule has 0 unspecified atom stereocenters. The molecule has 0 aliphatic rings. The highest BCUT2D eigenvalue weighted by Crippen LogP contribution is 2.32. The summed E-state index contributed by atoms with van der Waals surface area (Å²) in [6, 6.07) is 7.12. The smallest absolute Gasteiger partial charge is 0.416 e. The number of benzene rings is 2. The molecule has 5 nitrogen and oxygen atoms in total. The summed E-state index contributed by atoms with van der Waals surface area (Å²) in [5.41, 5.74) is -2.31. The molecule has 0 spiro atoms. The highest BCUT2D eigenvalue weighted by atomic mass is 35.5. The van der Waals surface area contributed by atoms with Gasteiger partial charge in [-0.3, -0.25) is 13.9 Å². The first-order valence-corrected chi connectivity index (χ1v) is 7.70. The maximum Gasteiger partial charge on any atom is 0.416 e. The van der Waals surface area contributed by atoms with Gasteiger partial charge in [-0.25, -0.2) is 4.79 Å². The second-order valence-corrected chi connectivity index (χ2v) is 5.96. The van der Waals surface area contributed by atoms with E-state index in [-0.39, 0.29) is 22.3 Å². The third-order valence-electron chi connectivity index (χ3n) is 3.96. The summed E-state index contributed by atoms with van der Waals surface area (Å²) in [4.78, 5) is 25.0. The van der Waals surface area contributed by atoms with Gasteiger partial charge in [-0.1, -0.05) is 11.6 Å². The fourth-order valence-electron chi connectivity index (χ4n) is 2.67. The van der Waals surface area contributed by atoms with Crippen molar-refractivity contribution in [3.05, 3.63) is 67.8 Å². The molecule has 9 heteroatoms. The summed E-state index contributed by atoms with van der Waals surface area (Å²) in [6.45, 7) is 0. The molecule has 0 radical (unpaired) electrons. The van der Waals surface area contributed by atoms with Gasteiger partial charge in [-0.2, -0.15) is 13.2 Å². The summed E-state index contributed by atoms with van der Waals surface area (Å²) in [5, 5.41) is 0.0468. The molecule has 136 valence electrons. The van der Waals surface area contributed by atoms with Crippen LogP contribution in [0.5, 0.6) is 5.75 Å². The Morgan fingerprint density at radius 3 is 2.38 bits per heavy atom. The van der Waals surface area contributed by atoms with Gasteiger partial charge in [0.1, 0.15) is 5.75 Å². The summed E-state index contributed by atoms with van der Waals surface area (Å²) >= 11 is 6.00. The molecule has 3 aromatic rings. The molecule has 0 fully saturated rings. The van der Waals surface area contributed by atoms with Crippen molar-refractivity contribution in [2.24, 2.45) is 7.05 Å². The molecule has 0 aliphatic heterocycles. The van der Waals surface area contributed by atoms with Crippen LogP contribution in [0.3, 0.4) is 0 Å². The molecule has 0 atom stereocenters. The van der Waals surface area contributed by atoms with Crippen LogP contribution in [0.25, 0.3) is 16.6 Å². The predicted octanol–water partition coefficient (Wildman–Crippen LogP) is 3.37. The Kier molecular flexibility index (Phi) is 4.31. The summed E-state index contributed by atoms with van der Waals surface area (Å²) in [7, 11) is 2.57. The third-order valence-corrected chi connectivity index (χ3v) is 4.19. The van der Waals surface area contributed by atoms with Crippen LogP contribution in [0, 0.1) is 0 Å². The Labute approximate surface area is 149 Å². The van der Waals surface area contributed by atoms with Crippen molar-refractivity contribution in [1.82, 2.24) is 9.13 Å². The predicted molar refractivity (Wildman–Crippen MR) is 91.4 cm³/mol. The second-order valence-electron chi connectivity index (χ2n) is 5.53. The van der Waals surface area contributed by atoms with E-state index in [9.17, 15) is 22.8 Å². The van der Waals surface area contributed by atoms with Gasteiger partial charge in [-0.05, 0) is 36.4 Å². The highest BCUT2D eigenvalue weighted by Gasteiger charge is 2.31. The van der Waals surface area contributed by atoms with E-state index < -0.39 is 23.0 Å². The van der Waals surface area contributed by atoms with Gasteiger partial charge in [0.05, 0.1) is 29.3 Å². The Morgan fingerprint density at radius 1 is 1.08 bits per heavy atom. The van der Waals surface area contributed by atoms with Crippen LogP contribution in [0.4, 0.5) is 13.2 Å². The number of methoxy groups -OCH3 is 1. The summed E-state index contributed by atoms with van der Waals surface area (Å²) in [6.07, 6.45) is -4.62.